The fourth-order valence-electron chi connectivity index (χ4n) is 6.83. The first-order valence-corrected chi connectivity index (χ1v) is 16.7. The van der Waals surface area contributed by atoms with Gasteiger partial charge in [-0.15, -0.1) is 11.3 Å². The zero-order chi connectivity index (χ0) is 31.3. The van der Waals surface area contributed by atoms with Crippen molar-refractivity contribution in [2.24, 2.45) is 0 Å². The Morgan fingerprint density at radius 1 is 0.404 bits per heavy atom. The van der Waals surface area contributed by atoms with Crippen molar-refractivity contribution < 1.29 is 4.42 Å². The summed E-state index contributed by atoms with van der Waals surface area (Å²) in [5, 5.41) is 4.82. The van der Waals surface area contributed by atoms with Gasteiger partial charge >= 0.3 is 0 Å². The van der Waals surface area contributed by atoms with Gasteiger partial charge < -0.3 is 14.2 Å². The molecule has 47 heavy (non-hydrogen) atoms. The summed E-state index contributed by atoms with van der Waals surface area (Å²) in [5.74, 6) is 0. The van der Waals surface area contributed by atoms with Crippen molar-refractivity contribution in [3.05, 3.63) is 169 Å². The Morgan fingerprint density at radius 2 is 0.936 bits per heavy atom. The number of hydrogen-bond acceptors (Lipinski definition) is 4. The van der Waals surface area contributed by atoms with E-state index < -0.39 is 0 Å². The maximum Gasteiger partial charge on any atom is 0.137 e. The van der Waals surface area contributed by atoms with Gasteiger partial charge in [0.2, 0.25) is 0 Å². The van der Waals surface area contributed by atoms with Crippen LogP contribution in [0.3, 0.4) is 0 Å². The first kappa shape index (κ1) is 27.5. The third-order valence-corrected chi connectivity index (χ3v) is 10.1. The molecule has 2 aromatic heterocycles. The van der Waals surface area contributed by atoms with Crippen LogP contribution in [0.5, 0.6) is 0 Å². The number of hydrogen-bond donors (Lipinski definition) is 0. The number of aryl methyl sites for hydroxylation is 1. The van der Waals surface area contributed by atoms with Crippen molar-refractivity contribution in [3.63, 3.8) is 0 Å². The largest absolute Gasteiger partial charge is 0.456 e. The molecule has 0 bridgehead atoms. The number of thiophene rings is 1. The summed E-state index contributed by atoms with van der Waals surface area (Å²) in [6, 6.07) is 58.1. The molecule has 0 unspecified atom stereocenters. The zero-order valence-corrected chi connectivity index (χ0v) is 26.6. The van der Waals surface area contributed by atoms with Crippen molar-refractivity contribution in [2.45, 2.75) is 6.92 Å². The Labute approximate surface area is 277 Å². The first-order chi connectivity index (χ1) is 23.2. The lowest BCUT2D eigenvalue weighted by Gasteiger charge is -2.26. The van der Waals surface area contributed by atoms with Gasteiger partial charge in [-0.05, 0) is 97.4 Å². The molecular weight excluding hydrogens is 593 g/mol. The molecular formula is C43H30N2OS. The first-order valence-electron chi connectivity index (χ1n) is 15.8. The van der Waals surface area contributed by atoms with E-state index >= 15 is 0 Å². The van der Waals surface area contributed by atoms with Crippen molar-refractivity contribution in [3.8, 4) is 0 Å². The molecule has 0 fully saturated rings. The Hall–Kier alpha value is -5.84. The number of anilines is 6. The van der Waals surface area contributed by atoms with E-state index in [1.165, 1.54) is 25.7 Å². The second kappa shape index (κ2) is 11.2. The lowest BCUT2D eigenvalue weighted by molar-refractivity contribution is 0.669. The van der Waals surface area contributed by atoms with Crippen LogP contribution in [0.15, 0.2) is 168 Å². The minimum absolute atomic E-state index is 0.876. The lowest BCUT2D eigenvalue weighted by atomic mass is 10.0. The molecule has 0 amide bonds. The third kappa shape index (κ3) is 4.73. The van der Waals surface area contributed by atoms with Gasteiger partial charge in [0.25, 0.3) is 0 Å². The molecule has 4 heteroatoms. The van der Waals surface area contributed by atoms with Crippen LogP contribution >= 0.6 is 11.3 Å². The maximum atomic E-state index is 6.61. The molecule has 9 rings (SSSR count). The molecule has 224 valence electrons. The zero-order valence-electron chi connectivity index (χ0n) is 25.8. The van der Waals surface area contributed by atoms with Gasteiger partial charge in [0, 0.05) is 65.4 Å². The summed E-state index contributed by atoms with van der Waals surface area (Å²) in [6.45, 7) is 2.19. The summed E-state index contributed by atoms with van der Waals surface area (Å²) < 4.78 is 9.22. The van der Waals surface area contributed by atoms with Gasteiger partial charge in [0.15, 0.2) is 0 Å². The van der Waals surface area contributed by atoms with Crippen molar-refractivity contribution in [1.29, 1.82) is 0 Å². The van der Waals surface area contributed by atoms with Crippen LogP contribution in [0, 0.1) is 6.92 Å². The summed E-state index contributed by atoms with van der Waals surface area (Å²) >= 11 is 1.84. The van der Waals surface area contributed by atoms with Crippen molar-refractivity contribution >= 4 is 87.6 Å². The highest BCUT2D eigenvalue weighted by Crippen LogP contribution is 2.44. The Bertz CT molecular complexity index is 2500. The molecule has 0 aliphatic rings. The molecule has 0 spiro atoms. The van der Waals surface area contributed by atoms with E-state index in [9.17, 15) is 0 Å². The quantitative estimate of drug-likeness (QED) is 0.184. The van der Waals surface area contributed by atoms with Crippen molar-refractivity contribution in [1.82, 2.24) is 0 Å². The van der Waals surface area contributed by atoms with Crippen LogP contribution in [-0.4, -0.2) is 0 Å². The third-order valence-electron chi connectivity index (χ3n) is 8.91. The van der Waals surface area contributed by atoms with Gasteiger partial charge in [-0.2, -0.15) is 0 Å². The van der Waals surface area contributed by atoms with Crippen LogP contribution in [-0.2, 0) is 0 Å². The lowest BCUT2D eigenvalue weighted by Crippen LogP contribution is -2.10. The molecule has 0 aliphatic carbocycles. The smallest absolute Gasteiger partial charge is 0.137 e. The topological polar surface area (TPSA) is 19.6 Å². The van der Waals surface area contributed by atoms with Gasteiger partial charge in [0.05, 0.1) is 5.69 Å². The highest BCUT2D eigenvalue weighted by Gasteiger charge is 2.20. The minimum atomic E-state index is 0.876. The fourth-order valence-corrected chi connectivity index (χ4v) is 7.92. The van der Waals surface area contributed by atoms with Gasteiger partial charge in [-0.25, -0.2) is 0 Å². The van der Waals surface area contributed by atoms with E-state index in [2.05, 4.69) is 181 Å². The fraction of sp³-hybridized carbons (Fsp3) is 0.0233. The standard InChI is InChI=1S/C43H30N2OS/c1-29-25-35(45(32-17-9-4-10-18-32)34-22-24-42-37(26-34)36-19-11-12-20-41(36)47-42)28-40-43(29)38-27-33(21-23-39(38)46-40)44(30-13-5-2-6-14-30)31-15-7-3-8-16-31/h2-28H,1H3. The molecule has 0 aliphatic heterocycles. The SMILES string of the molecule is Cc1cc(N(c2ccccc2)c2ccc3sc4ccccc4c3c2)cc2oc3ccc(N(c4ccccc4)c4ccccc4)cc3c12. The maximum absolute atomic E-state index is 6.61. The highest BCUT2D eigenvalue weighted by atomic mass is 32.1. The van der Waals surface area contributed by atoms with Gasteiger partial charge in [0.1, 0.15) is 11.2 Å². The van der Waals surface area contributed by atoms with E-state index in [0.717, 1.165) is 56.1 Å². The van der Waals surface area contributed by atoms with Crippen LogP contribution in [0.4, 0.5) is 34.1 Å². The predicted molar refractivity (Wildman–Crippen MR) is 201 cm³/mol. The molecule has 0 N–H and O–H groups in total. The molecule has 0 atom stereocenters. The highest BCUT2D eigenvalue weighted by molar-refractivity contribution is 7.25. The summed E-state index contributed by atoms with van der Waals surface area (Å²) in [5.41, 5.74) is 9.51. The van der Waals surface area contributed by atoms with E-state index in [1.807, 2.05) is 11.3 Å². The van der Waals surface area contributed by atoms with E-state index in [-0.39, 0.29) is 0 Å². The number of rotatable bonds is 6. The van der Waals surface area contributed by atoms with Crippen molar-refractivity contribution in [2.75, 3.05) is 9.80 Å². The molecule has 7 aromatic carbocycles. The number of nitrogens with zero attached hydrogens (tertiary/aromatic N) is 2. The summed E-state index contributed by atoms with van der Waals surface area (Å²) in [6.07, 6.45) is 0. The molecule has 0 saturated carbocycles. The van der Waals surface area contributed by atoms with Gasteiger partial charge in [-0.3, -0.25) is 0 Å². The normalized spacial score (nSPS) is 11.5. The van der Waals surface area contributed by atoms with E-state index in [1.54, 1.807) is 0 Å². The molecule has 9 aromatic rings. The van der Waals surface area contributed by atoms with Crippen LogP contribution in [0.1, 0.15) is 5.56 Å². The second-order valence-corrected chi connectivity index (χ2v) is 13.0. The van der Waals surface area contributed by atoms with Gasteiger partial charge in [-0.1, -0.05) is 72.8 Å². The molecule has 3 nitrogen and oxygen atoms in total. The Kier molecular flexibility index (Phi) is 6.54. The average molecular weight is 623 g/mol. The number of benzene rings is 7. The molecule has 0 radical (unpaired) electrons. The predicted octanol–water partition coefficient (Wildman–Crippen LogP) is 13.2. The monoisotopic (exact) mass is 622 g/mol. The number of fused-ring (bicyclic) bond motifs is 6. The van der Waals surface area contributed by atoms with Crippen LogP contribution < -0.4 is 9.80 Å². The molecule has 0 saturated heterocycles. The Morgan fingerprint density at radius 3 is 1.60 bits per heavy atom. The van der Waals surface area contributed by atoms with Crippen LogP contribution in [0.25, 0.3) is 42.1 Å². The van der Waals surface area contributed by atoms with Crippen LogP contribution in [0.2, 0.25) is 0 Å². The van der Waals surface area contributed by atoms with E-state index in [4.69, 9.17) is 4.42 Å². The second-order valence-electron chi connectivity index (χ2n) is 11.9. The summed E-state index contributed by atoms with van der Waals surface area (Å²) in [4.78, 5) is 4.63. The van der Waals surface area contributed by atoms with E-state index in [0.29, 0.717) is 0 Å². The summed E-state index contributed by atoms with van der Waals surface area (Å²) in [7, 11) is 0. The molecule has 2 heterocycles. The number of furan rings is 1. The average Bonchev–Trinajstić information content (AvgIpc) is 3.68. The Balaban J connectivity index is 1.21. The number of para-hydroxylation sites is 3. The minimum Gasteiger partial charge on any atom is -0.456 e.